The van der Waals surface area contributed by atoms with Gasteiger partial charge in [0.25, 0.3) is 0 Å². The first-order valence-electron chi connectivity index (χ1n) is 9.96. The zero-order valence-corrected chi connectivity index (χ0v) is 17.5. The molecule has 1 aliphatic rings. The van der Waals surface area contributed by atoms with E-state index < -0.39 is 0 Å². The minimum Gasteiger partial charge on any atom is -0.352 e. The van der Waals surface area contributed by atoms with Gasteiger partial charge >= 0.3 is 0 Å². The first-order chi connectivity index (χ1) is 13.0. The molecule has 0 aliphatic heterocycles. The number of benzene rings is 1. The van der Waals surface area contributed by atoms with Crippen molar-refractivity contribution >= 4 is 17.7 Å². The SMILES string of the molecule is CCc1ccc(-c2nc(S[C@@H](C)C(=O)N[C@@H]3CCC[C@H](C)[C@@H]3C)n[nH]2)cc1. The average molecular weight is 387 g/mol. The first-order valence-corrected chi connectivity index (χ1v) is 10.8. The van der Waals surface area contributed by atoms with Crippen LogP contribution in [0, 0.1) is 11.8 Å². The fraction of sp³-hybridized carbons (Fsp3) is 0.571. The van der Waals surface area contributed by atoms with Crippen molar-refractivity contribution in [1.82, 2.24) is 20.5 Å². The molecule has 6 heteroatoms. The van der Waals surface area contributed by atoms with Crippen LogP contribution in [0.2, 0.25) is 0 Å². The molecule has 2 N–H and O–H groups in total. The predicted molar refractivity (Wildman–Crippen MR) is 111 cm³/mol. The summed E-state index contributed by atoms with van der Waals surface area (Å²) in [5.74, 6) is 2.01. The van der Waals surface area contributed by atoms with E-state index in [1.807, 2.05) is 6.92 Å². The van der Waals surface area contributed by atoms with Gasteiger partial charge in [-0.3, -0.25) is 9.89 Å². The summed E-state index contributed by atoms with van der Waals surface area (Å²) in [5.41, 5.74) is 2.30. The third-order valence-corrected chi connectivity index (χ3v) is 6.75. The fourth-order valence-electron chi connectivity index (χ4n) is 3.62. The fourth-order valence-corrected chi connectivity index (χ4v) is 4.36. The molecule has 27 heavy (non-hydrogen) atoms. The van der Waals surface area contributed by atoms with Gasteiger partial charge in [-0.2, -0.15) is 0 Å². The maximum absolute atomic E-state index is 12.6. The third kappa shape index (κ3) is 4.92. The molecule has 1 amide bonds. The molecule has 0 bridgehead atoms. The average Bonchev–Trinajstić information content (AvgIpc) is 3.14. The Morgan fingerprint density at radius 1 is 1.30 bits per heavy atom. The lowest BCUT2D eigenvalue weighted by Gasteiger charge is -2.35. The third-order valence-electron chi connectivity index (χ3n) is 5.79. The summed E-state index contributed by atoms with van der Waals surface area (Å²) in [6.45, 7) is 8.59. The summed E-state index contributed by atoms with van der Waals surface area (Å²) in [6.07, 6.45) is 4.55. The van der Waals surface area contributed by atoms with Gasteiger partial charge in [0.05, 0.1) is 5.25 Å². The Hall–Kier alpha value is -1.82. The van der Waals surface area contributed by atoms with Crippen LogP contribution < -0.4 is 5.32 Å². The molecule has 1 aromatic carbocycles. The summed E-state index contributed by atoms with van der Waals surface area (Å²) in [5, 5.41) is 10.9. The van der Waals surface area contributed by atoms with E-state index in [1.165, 1.54) is 30.2 Å². The van der Waals surface area contributed by atoms with E-state index in [0.29, 0.717) is 17.0 Å². The van der Waals surface area contributed by atoms with Crippen molar-refractivity contribution in [1.29, 1.82) is 0 Å². The highest BCUT2D eigenvalue weighted by molar-refractivity contribution is 8.00. The maximum Gasteiger partial charge on any atom is 0.233 e. The van der Waals surface area contributed by atoms with Crippen molar-refractivity contribution in [2.45, 2.75) is 69.8 Å². The van der Waals surface area contributed by atoms with Crippen molar-refractivity contribution < 1.29 is 4.79 Å². The highest BCUT2D eigenvalue weighted by Crippen LogP contribution is 2.30. The highest BCUT2D eigenvalue weighted by atomic mass is 32.2. The number of hydrogen-bond donors (Lipinski definition) is 2. The molecule has 146 valence electrons. The Morgan fingerprint density at radius 2 is 2.04 bits per heavy atom. The zero-order chi connectivity index (χ0) is 19.4. The van der Waals surface area contributed by atoms with Crippen LogP contribution in [0.4, 0.5) is 0 Å². The van der Waals surface area contributed by atoms with Gasteiger partial charge < -0.3 is 5.32 Å². The molecule has 1 saturated carbocycles. The normalized spacial score (nSPS) is 23.8. The Morgan fingerprint density at radius 3 is 2.74 bits per heavy atom. The standard InChI is InChI=1S/C21H30N4OS/c1-5-16-9-11-17(12-10-16)19-23-21(25-24-19)27-15(4)20(26)22-18-8-6-7-13(2)14(18)3/h9-15,18H,5-8H2,1-4H3,(H,22,26)(H,23,24,25)/t13-,14-,15-,18+/m0/s1. The van der Waals surface area contributed by atoms with Gasteiger partial charge in [-0.25, -0.2) is 4.98 Å². The molecule has 1 aromatic heterocycles. The van der Waals surface area contributed by atoms with E-state index in [0.717, 1.165) is 24.2 Å². The number of amides is 1. The van der Waals surface area contributed by atoms with E-state index in [9.17, 15) is 4.79 Å². The van der Waals surface area contributed by atoms with Crippen LogP contribution in [-0.4, -0.2) is 32.4 Å². The molecule has 0 radical (unpaired) electrons. The molecule has 3 rings (SSSR count). The quantitative estimate of drug-likeness (QED) is 0.719. The minimum absolute atomic E-state index is 0.0737. The molecule has 1 aliphatic carbocycles. The lowest BCUT2D eigenvalue weighted by Crippen LogP contribution is -2.46. The van der Waals surface area contributed by atoms with Crippen molar-refractivity contribution in [3.05, 3.63) is 29.8 Å². The molecule has 4 atom stereocenters. The number of hydrogen-bond acceptors (Lipinski definition) is 4. The molecule has 5 nitrogen and oxygen atoms in total. The number of H-pyrrole nitrogens is 1. The number of thioether (sulfide) groups is 1. The monoisotopic (exact) mass is 386 g/mol. The number of nitrogens with one attached hydrogen (secondary N) is 2. The highest BCUT2D eigenvalue weighted by Gasteiger charge is 2.29. The van der Waals surface area contributed by atoms with E-state index in [-0.39, 0.29) is 17.2 Å². The van der Waals surface area contributed by atoms with Crippen LogP contribution in [0.15, 0.2) is 29.4 Å². The van der Waals surface area contributed by atoms with Gasteiger partial charge in [0.15, 0.2) is 5.82 Å². The van der Waals surface area contributed by atoms with Crippen LogP contribution in [0.5, 0.6) is 0 Å². The molecule has 1 fully saturated rings. The Bertz CT molecular complexity index is 758. The van der Waals surface area contributed by atoms with E-state index in [1.54, 1.807) is 0 Å². The number of aromatic amines is 1. The number of aryl methyl sites for hydroxylation is 1. The van der Waals surface area contributed by atoms with Crippen molar-refractivity contribution in [2.75, 3.05) is 0 Å². The Labute approximate surface area is 166 Å². The number of carbonyl (C=O) groups excluding carboxylic acids is 1. The molecule has 0 unspecified atom stereocenters. The van der Waals surface area contributed by atoms with Gasteiger partial charge in [0, 0.05) is 11.6 Å². The summed E-state index contributed by atoms with van der Waals surface area (Å²) < 4.78 is 0. The lowest BCUT2D eigenvalue weighted by atomic mass is 9.78. The van der Waals surface area contributed by atoms with Crippen molar-refractivity contribution in [3.63, 3.8) is 0 Å². The molecular formula is C21H30N4OS. The van der Waals surface area contributed by atoms with Crippen LogP contribution in [-0.2, 0) is 11.2 Å². The summed E-state index contributed by atoms with van der Waals surface area (Å²) >= 11 is 1.40. The van der Waals surface area contributed by atoms with Gasteiger partial charge in [0.1, 0.15) is 0 Å². The van der Waals surface area contributed by atoms with E-state index in [2.05, 4.69) is 65.5 Å². The second-order valence-corrected chi connectivity index (χ2v) is 8.97. The van der Waals surface area contributed by atoms with E-state index >= 15 is 0 Å². The van der Waals surface area contributed by atoms with Crippen LogP contribution >= 0.6 is 11.8 Å². The number of carbonyl (C=O) groups is 1. The van der Waals surface area contributed by atoms with Crippen molar-refractivity contribution in [3.8, 4) is 11.4 Å². The lowest BCUT2D eigenvalue weighted by molar-refractivity contribution is -0.121. The second kappa shape index (κ2) is 8.91. The van der Waals surface area contributed by atoms with Crippen LogP contribution in [0.3, 0.4) is 0 Å². The Kier molecular flexibility index (Phi) is 6.58. The van der Waals surface area contributed by atoms with Gasteiger partial charge in [-0.1, -0.05) is 69.6 Å². The molecule has 0 spiro atoms. The van der Waals surface area contributed by atoms with Gasteiger partial charge in [0.2, 0.25) is 11.1 Å². The maximum atomic E-state index is 12.6. The smallest absolute Gasteiger partial charge is 0.233 e. The largest absolute Gasteiger partial charge is 0.352 e. The summed E-state index contributed by atoms with van der Waals surface area (Å²) in [6, 6.07) is 8.59. The second-order valence-electron chi connectivity index (χ2n) is 7.66. The van der Waals surface area contributed by atoms with Crippen LogP contribution in [0.1, 0.15) is 52.5 Å². The molecule has 2 aromatic rings. The number of aromatic nitrogens is 3. The molecular weight excluding hydrogens is 356 g/mol. The zero-order valence-electron chi connectivity index (χ0n) is 16.7. The van der Waals surface area contributed by atoms with Crippen LogP contribution in [0.25, 0.3) is 11.4 Å². The number of rotatable bonds is 6. The summed E-state index contributed by atoms with van der Waals surface area (Å²) in [7, 11) is 0. The topological polar surface area (TPSA) is 70.7 Å². The van der Waals surface area contributed by atoms with E-state index in [4.69, 9.17) is 0 Å². The van der Waals surface area contributed by atoms with Gasteiger partial charge in [-0.05, 0) is 37.2 Å². The summed E-state index contributed by atoms with van der Waals surface area (Å²) in [4.78, 5) is 17.2. The van der Waals surface area contributed by atoms with Crippen molar-refractivity contribution in [2.24, 2.45) is 11.8 Å². The molecule has 0 saturated heterocycles. The number of nitrogens with zero attached hydrogens (tertiary/aromatic N) is 2. The molecule has 1 heterocycles. The van der Waals surface area contributed by atoms with Gasteiger partial charge in [-0.15, -0.1) is 5.10 Å². The Balaban J connectivity index is 1.58. The first kappa shape index (κ1) is 19.9. The predicted octanol–water partition coefficient (Wildman–Crippen LogP) is 4.46. The minimum atomic E-state index is -0.222.